The molecule has 1 N–H and O–H groups in total. The predicted molar refractivity (Wildman–Crippen MR) is 56.0 cm³/mol. The molecule has 0 aliphatic rings. The first-order chi connectivity index (χ1) is 7.70. The number of phenols is 1. The van der Waals surface area contributed by atoms with E-state index in [0.717, 1.165) is 0 Å². The lowest BCUT2D eigenvalue weighted by atomic mass is 10.3. The van der Waals surface area contributed by atoms with Crippen molar-refractivity contribution in [3.63, 3.8) is 0 Å². The molecular weight excluding hydrogens is 210 g/mol. The summed E-state index contributed by atoms with van der Waals surface area (Å²) in [5.74, 6) is -0.136. The van der Waals surface area contributed by atoms with Gasteiger partial charge in [-0.15, -0.1) is 0 Å². The second kappa shape index (κ2) is 4.22. The summed E-state index contributed by atoms with van der Waals surface area (Å²) in [6, 6.07) is 4.86. The number of ether oxygens (including phenoxy) is 1. The molecule has 2 aromatic rings. The third-order valence-corrected chi connectivity index (χ3v) is 2.04. The van der Waals surface area contributed by atoms with E-state index < -0.39 is 5.97 Å². The highest BCUT2D eigenvalue weighted by atomic mass is 16.5. The van der Waals surface area contributed by atoms with E-state index in [1.165, 1.54) is 6.07 Å². The third kappa shape index (κ3) is 1.98. The summed E-state index contributed by atoms with van der Waals surface area (Å²) < 4.78 is 10.0. The molecule has 0 aliphatic heterocycles. The molecule has 0 aliphatic carbocycles. The standard InChI is InChI=1S/C11H11NO4/c1-2-15-10(14)6-9-12-7-4-3-5-8(13)11(7)16-9/h3-5,13H,2,6H2,1H3. The Morgan fingerprint density at radius 3 is 3.06 bits per heavy atom. The molecule has 1 heterocycles. The molecule has 0 saturated heterocycles. The molecule has 0 amide bonds. The van der Waals surface area contributed by atoms with E-state index in [1.807, 2.05) is 0 Å². The molecule has 0 atom stereocenters. The molecule has 0 fully saturated rings. The number of fused-ring (bicyclic) bond motifs is 1. The van der Waals surface area contributed by atoms with Gasteiger partial charge in [0.25, 0.3) is 0 Å². The summed E-state index contributed by atoms with van der Waals surface area (Å²) >= 11 is 0. The molecule has 0 saturated carbocycles. The fourth-order valence-corrected chi connectivity index (χ4v) is 1.39. The first-order valence-electron chi connectivity index (χ1n) is 4.93. The summed E-state index contributed by atoms with van der Waals surface area (Å²) in [4.78, 5) is 15.3. The van der Waals surface area contributed by atoms with Crippen LogP contribution in [0, 0.1) is 0 Å². The summed E-state index contributed by atoms with van der Waals surface area (Å²) in [5.41, 5.74) is 0.820. The van der Waals surface area contributed by atoms with Crippen LogP contribution in [0.15, 0.2) is 22.6 Å². The maximum Gasteiger partial charge on any atom is 0.315 e. The van der Waals surface area contributed by atoms with Gasteiger partial charge in [-0.3, -0.25) is 4.79 Å². The van der Waals surface area contributed by atoms with Gasteiger partial charge in [0.05, 0.1) is 6.61 Å². The van der Waals surface area contributed by atoms with Crippen molar-refractivity contribution in [3.05, 3.63) is 24.1 Å². The summed E-state index contributed by atoms with van der Waals surface area (Å²) in [5, 5.41) is 9.47. The number of rotatable bonds is 3. The van der Waals surface area contributed by atoms with Crippen LogP contribution in [0.5, 0.6) is 5.75 Å². The largest absolute Gasteiger partial charge is 0.504 e. The van der Waals surface area contributed by atoms with Gasteiger partial charge < -0.3 is 14.3 Å². The summed E-state index contributed by atoms with van der Waals surface area (Å²) in [6.07, 6.45) is -0.0258. The highest BCUT2D eigenvalue weighted by molar-refractivity contribution is 5.80. The smallest absolute Gasteiger partial charge is 0.315 e. The second-order valence-corrected chi connectivity index (χ2v) is 3.21. The van der Waals surface area contributed by atoms with Gasteiger partial charge in [0, 0.05) is 0 Å². The summed E-state index contributed by atoms with van der Waals surface area (Å²) in [7, 11) is 0. The van der Waals surface area contributed by atoms with Crippen molar-refractivity contribution in [1.29, 1.82) is 0 Å². The van der Waals surface area contributed by atoms with Crippen LogP contribution in [0.2, 0.25) is 0 Å². The topological polar surface area (TPSA) is 72.6 Å². The number of aromatic hydroxyl groups is 1. The molecular formula is C11H11NO4. The minimum absolute atomic E-state index is 0.0140. The zero-order valence-electron chi connectivity index (χ0n) is 8.77. The van der Waals surface area contributed by atoms with Gasteiger partial charge in [-0.25, -0.2) is 4.98 Å². The van der Waals surface area contributed by atoms with Gasteiger partial charge >= 0.3 is 5.97 Å². The molecule has 5 nitrogen and oxygen atoms in total. The van der Waals surface area contributed by atoms with E-state index in [9.17, 15) is 9.90 Å². The van der Waals surface area contributed by atoms with Gasteiger partial charge in [-0.1, -0.05) is 6.07 Å². The minimum Gasteiger partial charge on any atom is -0.504 e. The average molecular weight is 221 g/mol. The minimum atomic E-state index is -0.395. The predicted octanol–water partition coefficient (Wildman–Crippen LogP) is 1.64. The van der Waals surface area contributed by atoms with E-state index in [1.54, 1.807) is 19.1 Å². The Labute approximate surface area is 91.7 Å². The maximum absolute atomic E-state index is 11.2. The van der Waals surface area contributed by atoms with Crippen LogP contribution in [-0.4, -0.2) is 22.7 Å². The lowest BCUT2D eigenvalue weighted by Crippen LogP contribution is -2.07. The van der Waals surface area contributed by atoms with Crippen LogP contribution in [0.25, 0.3) is 11.1 Å². The van der Waals surface area contributed by atoms with Crippen molar-refractivity contribution in [2.75, 3.05) is 6.61 Å². The van der Waals surface area contributed by atoms with Gasteiger partial charge in [-0.05, 0) is 19.1 Å². The number of nitrogens with zero attached hydrogens (tertiary/aromatic N) is 1. The second-order valence-electron chi connectivity index (χ2n) is 3.21. The van der Waals surface area contributed by atoms with Gasteiger partial charge in [-0.2, -0.15) is 0 Å². The first kappa shape index (κ1) is 10.5. The third-order valence-electron chi connectivity index (χ3n) is 2.04. The molecule has 2 rings (SSSR count). The number of oxazole rings is 1. The number of carbonyl (C=O) groups excluding carboxylic acids is 1. The van der Waals surface area contributed by atoms with Crippen molar-refractivity contribution in [2.24, 2.45) is 0 Å². The number of benzene rings is 1. The number of aromatic nitrogens is 1. The first-order valence-corrected chi connectivity index (χ1v) is 4.93. The van der Waals surface area contributed by atoms with E-state index in [2.05, 4.69) is 4.98 Å². The Hall–Kier alpha value is -2.04. The van der Waals surface area contributed by atoms with Crippen molar-refractivity contribution < 1.29 is 19.1 Å². The summed E-state index contributed by atoms with van der Waals surface area (Å²) in [6.45, 7) is 2.06. The number of esters is 1. The fourth-order valence-electron chi connectivity index (χ4n) is 1.39. The zero-order chi connectivity index (χ0) is 11.5. The fraction of sp³-hybridized carbons (Fsp3) is 0.273. The SMILES string of the molecule is CCOC(=O)Cc1nc2cccc(O)c2o1. The average Bonchev–Trinajstić information content (AvgIpc) is 2.62. The molecule has 84 valence electrons. The van der Waals surface area contributed by atoms with E-state index in [0.29, 0.717) is 17.7 Å². The Balaban J connectivity index is 2.26. The number of phenolic OH excluding ortho intramolecular Hbond substituents is 1. The van der Waals surface area contributed by atoms with Crippen molar-refractivity contribution in [3.8, 4) is 5.75 Å². The van der Waals surface area contributed by atoms with Crippen LogP contribution >= 0.6 is 0 Å². The lowest BCUT2D eigenvalue weighted by Gasteiger charge is -1.96. The Morgan fingerprint density at radius 2 is 2.38 bits per heavy atom. The van der Waals surface area contributed by atoms with Crippen molar-refractivity contribution >= 4 is 17.1 Å². The van der Waals surface area contributed by atoms with Crippen molar-refractivity contribution in [2.45, 2.75) is 13.3 Å². The highest BCUT2D eigenvalue weighted by Crippen LogP contribution is 2.24. The number of hydrogen-bond acceptors (Lipinski definition) is 5. The Kier molecular flexibility index (Phi) is 2.76. The van der Waals surface area contributed by atoms with Gasteiger partial charge in [0.2, 0.25) is 5.89 Å². The normalized spacial score (nSPS) is 10.6. The number of hydrogen-bond donors (Lipinski definition) is 1. The maximum atomic E-state index is 11.2. The lowest BCUT2D eigenvalue weighted by molar-refractivity contribution is -0.142. The molecule has 5 heteroatoms. The number of para-hydroxylation sites is 1. The van der Waals surface area contributed by atoms with Crippen LogP contribution < -0.4 is 0 Å². The molecule has 16 heavy (non-hydrogen) atoms. The molecule has 1 aromatic heterocycles. The molecule has 0 unspecified atom stereocenters. The molecule has 0 spiro atoms. The van der Waals surface area contributed by atoms with Gasteiger partial charge in [0.15, 0.2) is 11.3 Å². The van der Waals surface area contributed by atoms with Gasteiger partial charge in [0.1, 0.15) is 11.9 Å². The van der Waals surface area contributed by atoms with E-state index in [4.69, 9.17) is 9.15 Å². The van der Waals surface area contributed by atoms with Crippen LogP contribution in [0.3, 0.4) is 0 Å². The zero-order valence-corrected chi connectivity index (χ0v) is 8.77. The molecule has 0 radical (unpaired) electrons. The highest BCUT2D eigenvalue weighted by Gasteiger charge is 2.12. The molecule has 0 bridgehead atoms. The van der Waals surface area contributed by atoms with E-state index >= 15 is 0 Å². The number of carbonyl (C=O) groups is 1. The van der Waals surface area contributed by atoms with E-state index in [-0.39, 0.29) is 18.1 Å². The monoisotopic (exact) mass is 221 g/mol. The molecule has 1 aromatic carbocycles. The van der Waals surface area contributed by atoms with Crippen LogP contribution in [-0.2, 0) is 16.0 Å². The Bertz CT molecular complexity index is 518. The quantitative estimate of drug-likeness (QED) is 0.797. The Morgan fingerprint density at radius 1 is 1.56 bits per heavy atom. The van der Waals surface area contributed by atoms with Crippen LogP contribution in [0.1, 0.15) is 12.8 Å². The van der Waals surface area contributed by atoms with Crippen LogP contribution in [0.4, 0.5) is 0 Å². The van der Waals surface area contributed by atoms with Crippen molar-refractivity contribution in [1.82, 2.24) is 4.98 Å².